The van der Waals surface area contributed by atoms with E-state index in [0.29, 0.717) is 24.0 Å². The SMILES string of the molecule is FC(F)(F)c1ccc(Nc2cnnc(NCc3ccccc3)n2)cc1. The van der Waals surface area contributed by atoms with Gasteiger partial charge in [0.05, 0.1) is 11.8 Å². The molecule has 1 aromatic heterocycles. The Labute approximate surface area is 141 Å². The average molecular weight is 345 g/mol. The molecular formula is C17H14F3N5. The summed E-state index contributed by atoms with van der Waals surface area (Å²) >= 11 is 0. The molecule has 0 fully saturated rings. The van der Waals surface area contributed by atoms with Gasteiger partial charge in [-0.1, -0.05) is 30.3 Å². The third-order valence-electron chi connectivity index (χ3n) is 3.34. The number of hydrogen-bond acceptors (Lipinski definition) is 5. The number of hydrogen-bond donors (Lipinski definition) is 2. The highest BCUT2D eigenvalue weighted by atomic mass is 19.4. The number of halogens is 3. The van der Waals surface area contributed by atoms with Gasteiger partial charge in [0, 0.05) is 12.2 Å². The van der Waals surface area contributed by atoms with E-state index in [4.69, 9.17) is 0 Å². The van der Waals surface area contributed by atoms with E-state index >= 15 is 0 Å². The quantitative estimate of drug-likeness (QED) is 0.724. The van der Waals surface area contributed by atoms with Crippen LogP contribution in [0.5, 0.6) is 0 Å². The van der Waals surface area contributed by atoms with Crippen LogP contribution in [0.2, 0.25) is 0 Å². The van der Waals surface area contributed by atoms with Gasteiger partial charge in [-0.05, 0) is 29.8 Å². The number of nitrogens with zero attached hydrogens (tertiary/aromatic N) is 3. The van der Waals surface area contributed by atoms with Crippen LogP contribution in [-0.4, -0.2) is 15.2 Å². The summed E-state index contributed by atoms with van der Waals surface area (Å²) in [5.74, 6) is 0.700. The van der Waals surface area contributed by atoms with E-state index in [9.17, 15) is 13.2 Å². The average Bonchev–Trinajstić information content (AvgIpc) is 2.61. The van der Waals surface area contributed by atoms with Crippen molar-refractivity contribution >= 4 is 17.5 Å². The molecule has 1 heterocycles. The summed E-state index contributed by atoms with van der Waals surface area (Å²) in [6, 6.07) is 14.4. The van der Waals surface area contributed by atoms with E-state index in [1.165, 1.54) is 18.3 Å². The van der Waals surface area contributed by atoms with Crippen molar-refractivity contribution in [3.05, 3.63) is 71.9 Å². The summed E-state index contributed by atoms with van der Waals surface area (Å²) in [6.07, 6.45) is -2.96. The standard InChI is InChI=1S/C17H14F3N5/c18-17(19,20)13-6-8-14(9-7-13)23-15-11-22-25-16(24-15)21-10-12-4-2-1-3-5-12/h1-9,11H,10H2,(H2,21,23,24,25). The van der Waals surface area contributed by atoms with Crippen LogP contribution in [-0.2, 0) is 12.7 Å². The van der Waals surface area contributed by atoms with Gasteiger partial charge < -0.3 is 10.6 Å². The van der Waals surface area contributed by atoms with Gasteiger partial charge in [-0.15, -0.1) is 5.10 Å². The molecule has 2 N–H and O–H groups in total. The number of rotatable bonds is 5. The molecule has 3 aromatic rings. The highest BCUT2D eigenvalue weighted by molar-refractivity contribution is 5.56. The van der Waals surface area contributed by atoms with Crippen molar-refractivity contribution in [3.8, 4) is 0 Å². The zero-order chi connectivity index (χ0) is 17.7. The molecule has 2 aromatic carbocycles. The van der Waals surface area contributed by atoms with E-state index in [1.54, 1.807) is 0 Å². The maximum absolute atomic E-state index is 12.6. The fraction of sp³-hybridized carbons (Fsp3) is 0.118. The lowest BCUT2D eigenvalue weighted by atomic mass is 10.2. The summed E-state index contributed by atoms with van der Waals surface area (Å²) in [4.78, 5) is 4.24. The van der Waals surface area contributed by atoms with Gasteiger partial charge in [0.1, 0.15) is 0 Å². The van der Waals surface area contributed by atoms with Crippen molar-refractivity contribution < 1.29 is 13.2 Å². The van der Waals surface area contributed by atoms with Gasteiger partial charge in [0.15, 0.2) is 5.82 Å². The first-order valence-electron chi connectivity index (χ1n) is 7.42. The molecule has 0 saturated heterocycles. The van der Waals surface area contributed by atoms with Crippen molar-refractivity contribution in [2.45, 2.75) is 12.7 Å². The molecule has 5 nitrogen and oxygen atoms in total. The highest BCUT2D eigenvalue weighted by Gasteiger charge is 2.29. The van der Waals surface area contributed by atoms with Gasteiger partial charge >= 0.3 is 6.18 Å². The Balaban J connectivity index is 1.65. The second kappa shape index (κ2) is 7.16. The Bertz CT molecular complexity index is 820. The number of alkyl halides is 3. The molecule has 0 saturated carbocycles. The van der Waals surface area contributed by atoms with Crippen LogP contribution < -0.4 is 10.6 Å². The maximum atomic E-state index is 12.6. The first kappa shape index (κ1) is 16.7. The zero-order valence-corrected chi connectivity index (χ0v) is 13.0. The van der Waals surface area contributed by atoms with Crippen molar-refractivity contribution in [3.63, 3.8) is 0 Å². The molecule has 0 spiro atoms. The Hall–Kier alpha value is -3.16. The van der Waals surface area contributed by atoms with Crippen molar-refractivity contribution in [2.75, 3.05) is 10.6 Å². The van der Waals surface area contributed by atoms with Crippen LogP contribution in [0.15, 0.2) is 60.8 Å². The fourth-order valence-corrected chi connectivity index (χ4v) is 2.11. The highest BCUT2D eigenvalue weighted by Crippen LogP contribution is 2.30. The first-order valence-corrected chi connectivity index (χ1v) is 7.42. The van der Waals surface area contributed by atoms with Crippen LogP contribution >= 0.6 is 0 Å². The molecule has 8 heteroatoms. The second-order valence-electron chi connectivity index (χ2n) is 5.20. The topological polar surface area (TPSA) is 62.7 Å². The lowest BCUT2D eigenvalue weighted by Gasteiger charge is -2.09. The largest absolute Gasteiger partial charge is 0.416 e. The molecule has 0 unspecified atom stereocenters. The van der Waals surface area contributed by atoms with E-state index in [2.05, 4.69) is 25.8 Å². The molecule has 3 rings (SSSR count). The van der Waals surface area contributed by atoms with Gasteiger partial charge in [-0.25, -0.2) is 0 Å². The van der Waals surface area contributed by atoms with Crippen molar-refractivity contribution in [1.29, 1.82) is 0 Å². The number of nitrogens with one attached hydrogen (secondary N) is 2. The third-order valence-corrected chi connectivity index (χ3v) is 3.34. The van der Waals surface area contributed by atoms with Gasteiger partial charge in [-0.2, -0.15) is 23.3 Å². The summed E-state index contributed by atoms with van der Waals surface area (Å²) in [7, 11) is 0. The molecular weight excluding hydrogens is 331 g/mol. The zero-order valence-electron chi connectivity index (χ0n) is 13.0. The lowest BCUT2D eigenvalue weighted by molar-refractivity contribution is -0.137. The minimum atomic E-state index is -4.36. The van der Waals surface area contributed by atoms with Crippen LogP contribution in [0.25, 0.3) is 0 Å². The van der Waals surface area contributed by atoms with Crippen LogP contribution in [0.3, 0.4) is 0 Å². The van der Waals surface area contributed by atoms with Crippen LogP contribution in [0.4, 0.5) is 30.6 Å². The Kier molecular flexibility index (Phi) is 4.78. The number of benzene rings is 2. The molecule has 0 atom stereocenters. The predicted octanol–water partition coefficient (Wildman–Crippen LogP) is 4.25. The van der Waals surface area contributed by atoms with E-state index in [1.807, 2.05) is 30.3 Å². The van der Waals surface area contributed by atoms with E-state index in [0.717, 1.165) is 17.7 Å². The predicted molar refractivity (Wildman–Crippen MR) is 88.3 cm³/mol. The summed E-state index contributed by atoms with van der Waals surface area (Å²) in [6.45, 7) is 0.534. The van der Waals surface area contributed by atoms with Crippen molar-refractivity contribution in [1.82, 2.24) is 15.2 Å². The van der Waals surface area contributed by atoms with Crippen LogP contribution in [0.1, 0.15) is 11.1 Å². The molecule has 25 heavy (non-hydrogen) atoms. The second-order valence-corrected chi connectivity index (χ2v) is 5.20. The Morgan fingerprint density at radius 2 is 1.64 bits per heavy atom. The van der Waals surface area contributed by atoms with E-state index in [-0.39, 0.29) is 0 Å². The normalized spacial score (nSPS) is 11.2. The first-order chi connectivity index (χ1) is 12.0. The molecule has 0 amide bonds. The summed E-state index contributed by atoms with van der Waals surface area (Å²) in [5.41, 5.74) is 0.832. The molecule has 0 aliphatic rings. The summed E-state index contributed by atoms with van der Waals surface area (Å²) in [5, 5.41) is 13.7. The Morgan fingerprint density at radius 3 is 2.32 bits per heavy atom. The van der Waals surface area contributed by atoms with Gasteiger partial charge in [-0.3, -0.25) is 0 Å². The third kappa shape index (κ3) is 4.66. The summed E-state index contributed by atoms with van der Waals surface area (Å²) < 4.78 is 37.7. The molecule has 0 radical (unpaired) electrons. The minimum Gasteiger partial charge on any atom is -0.349 e. The Morgan fingerprint density at radius 1 is 0.920 bits per heavy atom. The maximum Gasteiger partial charge on any atom is 0.416 e. The lowest BCUT2D eigenvalue weighted by Crippen LogP contribution is -2.07. The van der Waals surface area contributed by atoms with Crippen molar-refractivity contribution in [2.24, 2.45) is 0 Å². The fourth-order valence-electron chi connectivity index (χ4n) is 2.11. The van der Waals surface area contributed by atoms with Gasteiger partial charge in [0.2, 0.25) is 5.95 Å². The number of anilines is 3. The van der Waals surface area contributed by atoms with Crippen LogP contribution in [0, 0.1) is 0 Å². The molecule has 0 bridgehead atoms. The number of aromatic nitrogens is 3. The molecule has 0 aliphatic heterocycles. The van der Waals surface area contributed by atoms with E-state index < -0.39 is 11.7 Å². The van der Waals surface area contributed by atoms with Gasteiger partial charge in [0.25, 0.3) is 0 Å². The monoisotopic (exact) mass is 345 g/mol. The molecule has 128 valence electrons. The molecule has 0 aliphatic carbocycles. The smallest absolute Gasteiger partial charge is 0.349 e. The minimum absolute atomic E-state index is 0.320.